The van der Waals surface area contributed by atoms with E-state index in [9.17, 15) is 33.0 Å². The van der Waals surface area contributed by atoms with E-state index in [1.807, 2.05) is 0 Å². The quantitative estimate of drug-likeness (QED) is 0.801. The Morgan fingerprint density at radius 2 is 2.04 bits per heavy atom. The third-order valence-corrected chi connectivity index (χ3v) is 6.14. The van der Waals surface area contributed by atoms with Crippen molar-refractivity contribution in [3.05, 3.63) is 16.1 Å². The van der Waals surface area contributed by atoms with Crippen molar-refractivity contribution < 1.29 is 33.0 Å². The maximum Gasteiger partial charge on any atom is 0.424 e. The van der Waals surface area contributed by atoms with Crippen molar-refractivity contribution in [2.75, 3.05) is 13.1 Å². The lowest BCUT2D eigenvalue weighted by atomic mass is 9.76. The highest BCUT2D eigenvalue weighted by molar-refractivity contribution is 7.09. The molecule has 2 N–H and O–H groups in total. The first-order valence-electron chi connectivity index (χ1n) is 8.06. The lowest BCUT2D eigenvalue weighted by Gasteiger charge is -2.31. The summed E-state index contributed by atoms with van der Waals surface area (Å²) < 4.78 is 40.5. The monoisotopic (exact) mass is 394 g/mol. The van der Waals surface area contributed by atoms with Gasteiger partial charge in [0.05, 0.1) is 11.8 Å². The number of aryl methyl sites for hydroxylation is 1. The van der Waals surface area contributed by atoms with Crippen molar-refractivity contribution >= 4 is 23.2 Å². The molecule has 146 valence electrons. The fraction of sp³-hybridized carbons (Fsp3) is 0.688. The average molecular weight is 394 g/mol. The lowest BCUT2D eigenvalue weighted by molar-refractivity contribution is -0.268. The van der Waals surface area contributed by atoms with Crippen molar-refractivity contribution in [3.8, 4) is 0 Å². The predicted molar refractivity (Wildman–Crippen MR) is 87.5 cm³/mol. The molecule has 2 rings (SSSR count). The Balaban J connectivity index is 2.25. The number of carboxylic acid groups (broad SMARTS) is 1. The van der Waals surface area contributed by atoms with Crippen LogP contribution >= 0.6 is 11.3 Å². The number of nitrogens with zero attached hydrogens (tertiary/aromatic N) is 2. The van der Waals surface area contributed by atoms with Gasteiger partial charge < -0.3 is 15.1 Å². The van der Waals surface area contributed by atoms with E-state index in [0.717, 1.165) is 4.90 Å². The van der Waals surface area contributed by atoms with Gasteiger partial charge in [-0.3, -0.25) is 9.59 Å². The number of hydrogen-bond donors (Lipinski definition) is 2. The average Bonchev–Trinajstić information content (AvgIpc) is 3.13. The minimum Gasteiger partial charge on any atom is -0.481 e. The maximum atomic E-state index is 13.5. The van der Waals surface area contributed by atoms with E-state index in [0.29, 0.717) is 17.0 Å². The second kappa shape index (κ2) is 6.80. The number of thiazole rings is 1. The molecule has 1 aromatic rings. The number of amides is 1. The first kappa shape index (κ1) is 20.6. The van der Waals surface area contributed by atoms with Crippen molar-refractivity contribution in [1.82, 2.24) is 9.88 Å². The normalized spacial score (nSPS) is 23.3. The number of rotatable bonds is 5. The number of likely N-dealkylation sites (tertiary alicyclic amines) is 1. The molecule has 0 radical (unpaired) electrons. The van der Waals surface area contributed by atoms with E-state index in [2.05, 4.69) is 4.98 Å². The van der Waals surface area contributed by atoms with Crippen LogP contribution in [0.15, 0.2) is 5.38 Å². The molecule has 2 atom stereocenters. The molecular formula is C16H21F3N2O4S. The van der Waals surface area contributed by atoms with Gasteiger partial charge in [0.25, 0.3) is 0 Å². The number of carbonyl (C=O) groups is 2. The summed E-state index contributed by atoms with van der Waals surface area (Å²) in [6.07, 6.45) is -6.15. The van der Waals surface area contributed by atoms with E-state index < -0.39 is 40.5 Å². The van der Waals surface area contributed by atoms with Gasteiger partial charge in [0.15, 0.2) is 0 Å². The molecule has 1 aliphatic heterocycles. The minimum absolute atomic E-state index is 0.0359. The van der Waals surface area contributed by atoms with Gasteiger partial charge in [-0.25, -0.2) is 4.98 Å². The smallest absolute Gasteiger partial charge is 0.424 e. The van der Waals surface area contributed by atoms with Crippen LogP contribution in [0.5, 0.6) is 0 Å². The van der Waals surface area contributed by atoms with Gasteiger partial charge in [0.1, 0.15) is 5.01 Å². The summed E-state index contributed by atoms with van der Waals surface area (Å²) in [7, 11) is 0. The minimum atomic E-state index is -5.09. The number of aromatic nitrogens is 1. The molecule has 6 nitrogen and oxygen atoms in total. The Kier molecular flexibility index (Phi) is 5.40. The van der Waals surface area contributed by atoms with Crippen LogP contribution in [0.3, 0.4) is 0 Å². The Morgan fingerprint density at radius 1 is 1.42 bits per heavy atom. The zero-order chi connectivity index (χ0) is 19.9. The van der Waals surface area contributed by atoms with Crippen LogP contribution in [0.25, 0.3) is 0 Å². The number of carbonyl (C=O) groups excluding carboxylic acids is 1. The SMILES string of the molecule is Cc1csc(C(O)(CC(=O)N2CCC(C(=O)O)(C(C)C)C2)C(F)(F)F)n1. The molecule has 2 unspecified atom stereocenters. The molecule has 0 aliphatic carbocycles. The summed E-state index contributed by atoms with van der Waals surface area (Å²) in [6, 6.07) is 0. The third kappa shape index (κ3) is 3.44. The molecule has 2 heterocycles. The van der Waals surface area contributed by atoms with Crippen LogP contribution in [0.2, 0.25) is 0 Å². The molecule has 1 amide bonds. The molecular weight excluding hydrogens is 373 g/mol. The highest BCUT2D eigenvalue weighted by Gasteiger charge is 2.59. The molecule has 0 spiro atoms. The van der Waals surface area contributed by atoms with Crippen LogP contribution in [0, 0.1) is 18.3 Å². The molecule has 10 heteroatoms. The molecule has 1 saturated heterocycles. The van der Waals surface area contributed by atoms with E-state index in [4.69, 9.17) is 0 Å². The summed E-state index contributed by atoms with van der Waals surface area (Å²) in [4.78, 5) is 28.9. The van der Waals surface area contributed by atoms with E-state index in [-0.39, 0.29) is 25.4 Å². The molecule has 1 aromatic heterocycles. The summed E-state index contributed by atoms with van der Waals surface area (Å²) in [5.74, 6) is -2.31. The third-order valence-electron chi connectivity index (χ3n) is 5.03. The van der Waals surface area contributed by atoms with Crippen LogP contribution in [-0.4, -0.2) is 51.2 Å². The van der Waals surface area contributed by atoms with Crippen LogP contribution in [0.4, 0.5) is 13.2 Å². The molecule has 26 heavy (non-hydrogen) atoms. The Bertz CT molecular complexity index is 706. The highest BCUT2D eigenvalue weighted by Crippen LogP contribution is 2.44. The zero-order valence-electron chi connectivity index (χ0n) is 14.6. The van der Waals surface area contributed by atoms with E-state index in [1.54, 1.807) is 13.8 Å². The summed E-state index contributed by atoms with van der Waals surface area (Å²) in [6.45, 7) is 4.75. The molecule has 0 bridgehead atoms. The van der Waals surface area contributed by atoms with E-state index >= 15 is 0 Å². The van der Waals surface area contributed by atoms with Crippen LogP contribution in [-0.2, 0) is 15.2 Å². The number of aliphatic carboxylic acids is 1. The summed E-state index contributed by atoms with van der Waals surface area (Å²) in [5.41, 5.74) is -4.27. The van der Waals surface area contributed by atoms with E-state index in [1.165, 1.54) is 12.3 Å². The molecule has 0 aromatic carbocycles. The maximum absolute atomic E-state index is 13.5. The fourth-order valence-electron chi connectivity index (χ4n) is 3.11. The van der Waals surface area contributed by atoms with Crippen molar-refractivity contribution in [2.24, 2.45) is 11.3 Å². The fourth-order valence-corrected chi connectivity index (χ4v) is 4.02. The number of aliphatic hydroxyl groups is 1. The van der Waals surface area contributed by atoms with Crippen molar-refractivity contribution in [3.63, 3.8) is 0 Å². The zero-order valence-corrected chi connectivity index (χ0v) is 15.4. The number of carboxylic acids is 1. The van der Waals surface area contributed by atoms with Crippen molar-refractivity contribution in [1.29, 1.82) is 0 Å². The first-order chi connectivity index (χ1) is 11.8. The van der Waals surface area contributed by atoms with Gasteiger partial charge in [0.2, 0.25) is 11.5 Å². The van der Waals surface area contributed by atoms with Gasteiger partial charge >= 0.3 is 12.1 Å². The first-order valence-corrected chi connectivity index (χ1v) is 8.94. The Morgan fingerprint density at radius 3 is 2.42 bits per heavy atom. The van der Waals surface area contributed by atoms with Gasteiger partial charge in [-0.15, -0.1) is 11.3 Å². The topological polar surface area (TPSA) is 90.7 Å². The second-order valence-corrected chi connectivity index (χ2v) is 7.87. The van der Waals surface area contributed by atoms with Crippen molar-refractivity contribution in [2.45, 2.75) is 45.4 Å². The largest absolute Gasteiger partial charge is 0.481 e. The second-order valence-electron chi connectivity index (χ2n) is 7.01. The Hall–Kier alpha value is -1.68. The number of alkyl halides is 3. The summed E-state index contributed by atoms with van der Waals surface area (Å²) in [5, 5.41) is 20.5. The predicted octanol–water partition coefficient (Wildman–Crippen LogP) is 2.55. The molecule has 1 fully saturated rings. The van der Waals surface area contributed by atoms with Gasteiger partial charge in [-0.2, -0.15) is 13.2 Å². The lowest BCUT2D eigenvalue weighted by Crippen LogP contribution is -2.47. The molecule has 1 aliphatic rings. The molecule has 0 saturated carbocycles. The van der Waals surface area contributed by atoms with Crippen LogP contribution in [0.1, 0.15) is 37.4 Å². The van der Waals surface area contributed by atoms with Crippen LogP contribution < -0.4 is 0 Å². The highest BCUT2D eigenvalue weighted by atomic mass is 32.1. The number of halogens is 3. The standard InChI is InChI=1S/C16H21F3N2O4S/c1-9(2)14(13(23)24)4-5-21(8-14)11(22)6-15(25,16(17,18)19)12-20-10(3)7-26-12/h7,9,25H,4-6,8H2,1-3H3,(H,23,24). The Labute approximate surface area is 152 Å². The summed E-state index contributed by atoms with van der Waals surface area (Å²) >= 11 is 0.632. The van der Waals surface area contributed by atoms with Gasteiger partial charge in [-0.1, -0.05) is 13.8 Å². The van der Waals surface area contributed by atoms with Gasteiger partial charge in [-0.05, 0) is 19.3 Å². The van der Waals surface area contributed by atoms with Gasteiger partial charge in [0, 0.05) is 24.2 Å². The number of hydrogen-bond acceptors (Lipinski definition) is 5.